The van der Waals surface area contributed by atoms with Crippen LogP contribution in [0.15, 0.2) is 42.5 Å². The van der Waals surface area contributed by atoms with Gasteiger partial charge in [0.1, 0.15) is 0 Å². The molecule has 28 heavy (non-hydrogen) atoms. The Labute approximate surface area is 167 Å². The number of benzene rings is 1. The minimum absolute atomic E-state index is 0.0674. The lowest BCUT2D eigenvalue weighted by atomic mass is 9.74. The lowest BCUT2D eigenvalue weighted by Crippen LogP contribution is -2.43. The number of rotatable bonds is 4. The molecular formula is C25H30N2O. The van der Waals surface area contributed by atoms with Crippen molar-refractivity contribution >= 4 is 11.5 Å². The van der Waals surface area contributed by atoms with Crippen LogP contribution in [0.2, 0.25) is 0 Å². The summed E-state index contributed by atoms with van der Waals surface area (Å²) in [5.41, 5.74) is 3.55. The molecule has 1 heterocycles. The Morgan fingerprint density at radius 1 is 1.11 bits per heavy atom. The molecule has 1 amide bonds. The Kier molecular flexibility index (Phi) is 3.84. The number of carbonyl (C=O) groups is 1. The van der Waals surface area contributed by atoms with Gasteiger partial charge in [-0.25, -0.2) is 0 Å². The van der Waals surface area contributed by atoms with Crippen LogP contribution in [0.25, 0.3) is 5.57 Å². The van der Waals surface area contributed by atoms with E-state index in [1.54, 1.807) is 0 Å². The summed E-state index contributed by atoms with van der Waals surface area (Å²) in [5, 5.41) is 3.21. The van der Waals surface area contributed by atoms with Gasteiger partial charge in [-0.3, -0.25) is 4.79 Å². The molecule has 5 aliphatic rings. The van der Waals surface area contributed by atoms with Crippen LogP contribution in [0.5, 0.6) is 0 Å². The predicted octanol–water partition coefficient (Wildman–Crippen LogP) is 3.91. The molecule has 3 nitrogen and oxygen atoms in total. The van der Waals surface area contributed by atoms with Crippen LogP contribution >= 0.6 is 0 Å². The topological polar surface area (TPSA) is 32.3 Å². The molecular weight excluding hydrogens is 344 g/mol. The smallest absolute Gasteiger partial charge is 0.251 e. The van der Waals surface area contributed by atoms with Crippen molar-refractivity contribution < 1.29 is 4.79 Å². The van der Waals surface area contributed by atoms with Gasteiger partial charge in [-0.15, -0.1) is 0 Å². The van der Waals surface area contributed by atoms with Gasteiger partial charge in [-0.2, -0.15) is 0 Å². The zero-order chi connectivity index (χ0) is 18.7. The number of hydrogen-bond donors (Lipinski definition) is 1. The highest BCUT2D eigenvalue weighted by Crippen LogP contribution is 2.48. The first kappa shape index (κ1) is 17.0. The van der Waals surface area contributed by atoms with Crippen molar-refractivity contribution in [2.45, 2.75) is 50.0 Å². The number of nitrogens with zero attached hydrogens (tertiary/aromatic N) is 1. The average molecular weight is 375 g/mol. The van der Waals surface area contributed by atoms with E-state index >= 15 is 0 Å². The maximum absolute atomic E-state index is 12.9. The molecule has 4 aliphatic carbocycles. The Hall–Kier alpha value is -1.87. The number of fused-ring (bicyclic) bond motifs is 4. The number of amides is 1. The van der Waals surface area contributed by atoms with E-state index in [1.807, 2.05) is 0 Å². The van der Waals surface area contributed by atoms with Gasteiger partial charge in [0.25, 0.3) is 5.91 Å². The molecule has 0 aromatic heterocycles. The summed E-state index contributed by atoms with van der Waals surface area (Å²) in [5.74, 6) is 2.72. The third-order valence-corrected chi connectivity index (χ3v) is 7.99. The third kappa shape index (κ3) is 2.78. The van der Waals surface area contributed by atoms with E-state index in [4.69, 9.17) is 0 Å². The number of carbonyl (C=O) groups excluding carboxylic acids is 1. The molecule has 3 heteroatoms. The summed E-state index contributed by atoms with van der Waals surface area (Å²) in [6.45, 7) is 3.57. The van der Waals surface area contributed by atoms with E-state index in [2.05, 4.69) is 52.7 Å². The van der Waals surface area contributed by atoms with Gasteiger partial charge in [0.15, 0.2) is 0 Å². The van der Waals surface area contributed by atoms with Gasteiger partial charge in [-0.1, -0.05) is 42.5 Å². The van der Waals surface area contributed by atoms with Crippen LogP contribution in [0.3, 0.4) is 0 Å². The Bertz CT molecular complexity index is 857. The minimum Gasteiger partial charge on any atom is -0.349 e. The van der Waals surface area contributed by atoms with E-state index in [0.29, 0.717) is 6.04 Å². The first-order chi connectivity index (χ1) is 13.7. The van der Waals surface area contributed by atoms with Crippen molar-refractivity contribution in [1.82, 2.24) is 10.2 Å². The molecule has 1 aromatic carbocycles. The zero-order valence-electron chi connectivity index (χ0n) is 16.6. The summed E-state index contributed by atoms with van der Waals surface area (Å²) in [4.78, 5) is 15.6. The Morgan fingerprint density at radius 3 is 2.64 bits per heavy atom. The highest BCUT2D eigenvalue weighted by molar-refractivity contribution is 6.21. The number of piperidine rings is 1. The second-order valence-electron chi connectivity index (χ2n) is 9.85. The summed E-state index contributed by atoms with van der Waals surface area (Å²) in [6.07, 6.45) is 14.6. The quantitative estimate of drug-likeness (QED) is 0.811. The lowest BCUT2D eigenvalue weighted by molar-refractivity contribution is -0.115. The molecule has 1 saturated heterocycles. The number of likely N-dealkylation sites (tertiary alicyclic amines) is 1. The maximum atomic E-state index is 12.9. The second-order valence-corrected chi connectivity index (χ2v) is 9.85. The fraction of sp³-hybridized carbons (Fsp3) is 0.560. The van der Waals surface area contributed by atoms with Crippen LogP contribution in [-0.2, 0) is 10.2 Å². The molecule has 3 atom stereocenters. The first-order valence-electron chi connectivity index (χ1n) is 11.2. The monoisotopic (exact) mass is 374 g/mol. The van der Waals surface area contributed by atoms with Crippen molar-refractivity contribution in [2.75, 3.05) is 19.6 Å². The summed E-state index contributed by atoms with van der Waals surface area (Å²) in [7, 11) is 0. The van der Waals surface area contributed by atoms with E-state index < -0.39 is 0 Å². The fourth-order valence-corrected chi connectivity index (χ4v) is 6.25. The molecule has 1 N–H and O–H groups in total. The lowest BCUT2D eigenvalue weighted by Gasteiger charge is -2.40. The molecule has 6 rings (SSSR count). The van der Waals surface area contributed by atoms with E-state index in [0.717, 1.165) is 62.1 Å². The highest BCUT2D eigenvalue weighted by atomic mass is 16.1. The number of hydrogen-bond acceptors (Lipinski definition) is 2. The van der Waals surface area contributed by atoms with Gasteiger partial charge < -0.3 is 10.2 Å². The average Bonchev–Trinajstić information content (AvgIpc) is 3.15. The molecule has 2 saturated carbocycles. The van der Waals surface area contributed by atoms with Gasteiger partial charge in [0, 0.05) is 23.6 Å². The van der Waals surface area contributed by atoms with Crippen molar-refractivity contribution in [1.29, 1.82) is 0 Å². The zero-order valence-corrected chi connectivity index (χ0v) is 16.6. The molecule has 1 aromatic rings. The van der Waals surface area contributed by atoms with Crippen LogP contribution in [0, 0.1) is 17.8 Å². The molecule has 1 spiro atoms. The van der Waals surface area contributed by atoms with Gasteiger partial charge >= 0.3 is 0 Å². The summed E-state index contributed by atoms with van der Waals surface area (Å²) in [6, 6.07) is 9.04. The van der Waals surface area contributed by atoms with Crippen LogP contribution < -0.4 is 5.32 Å². The van der Waals surface area contributed by atoms with Crippen molar-refractivity contribution in [2.24, 2.45) is 17.8 Å². The molecule has 0 radical (unpaired) electrons. The van der Waals surface area contributed by atoms with Gasteiger partial charge in [-0.05, 0) is 80.5 Å². The molecule has 1 aliphatic heterocycles. The molecule has 2 bridgehead atoms. The number of allylic oxidation sites excluding steroid dienone is 3. The minimum atomic E-state index is 0.0674. The van der Waals surface area contributed by atoms with Gasteiger partial charge in [0.2, 0.25) is 0 Å². The molecule has 3 fully saturated rings. The highest BCUT2D eigenvalue weighted by Gasteiger charge is 2.43. The van der Waals surface area contributed by atoms with E-state index in [9.17, 15) is 4.79 Å². The standard InChI is InChI=1S/C25H30N2O/c28-24(26-20-7-8-20)22-15-25(23-4-2-1-3-21(22)23)9-11-27(12-10-25)16-19-14-17-5-6-18(19)13-17/h1-6,15,17-20H,7-14,16H2,(H,26,28). The Morgan fingerprint density at radius 2 is 1.93 bits per heavy atom. The first-order valence-corrected chi connectivity index (χ1v) is 11.2. The van der Waals surface area contributed by atoms with Crippen LogP contribution in [0.1, 0.15) is 49.7 Å². The molecule has 146 valence electrons. The van der Waals surface area contributed by atoms with Crippen molar-refractivity contribution in [3.63, 3.8) is 0 Å². The molecule has 3 unspecified atom stereocenters. The maximum Gasteiger partial charge on any atom is 0.251 e. The Balaban J connectivity index is 1.19. The van der Waals surface area contributed by atoms with Crippen molar-refractivity contribution in [3.8, 4) is 0 Å². The normalized spacial score (nSPS) is 32.6. The summed E-state index contributed by atoms with van der Waals surface area (Å²) < 4.78 is 0. The fourth-order valence-electron chi connectivity index (χ4n) is 6.25. The van der Waals surface area contributed by atoms with E-state index in [-0.39, 0.29) is 11.3 Å². The number of nitrogens with one attached hydrogen (secondary N) is 1. The van der Waals surface area contributed by atoms with Crippen LogP contribution in [0.4, 0.5) is 0 Å². The predicted molar refractivity (Wildman–Crippen MR) is 112 cm³/mol. The van der Waals surface area contributed by atoms with E-state index in [1.165, 1.54) is 30.5 Å². The van der Waals surface area contributed by atoms with Crippen LogP contribution in [-0.4, -0.2) is 36.5 Å². The van der Waals surface area contributed by atoms with Gasteiger partial charge in [0.05, 0.1) is 0 Å². The largest absolute Gasteiger partial charge is 0.349 e. The summed E-state index contributed by atoms with van der Waals surface area (Å²) >= 11 is 0. The SMILES string of the molecule is O=C(NC1CC1)C1=CC2(CCN(CC3CC4C=CC3C4)CC2)c2ccccc21. The third-order valence-electron chi connectivity index (χ3n) is 7.99. The van der Waals surface area contributed by atoms with Crippen molar-refractivity contribution in [3.05, 3.63) is 53.6 Å². The second kappa shape index (κ2) is 6.32.